The van der Waals surface area contributed by atoms with Crippen LogP contribution in [0.15, 0.2) is 0 Å². The fourth-order valence-corrected chi connectivity index (χ4v) is 1.73. The highest BCUT2D eigenvalue weighted by atomic mass is 14.6. The second kappa shape index (κ2) is 3.18. The average molecular weight is 128 g/mol. The van der Waals surface area contributed by atoms with E-state index < -0.39 is 0 Å². The summed E-state index contributed by atoms with van der Waals surface area (Å²) in [6.45, 7) is 1.67. The fraction of sp³-hybridized carbons (Fsp3) is 1.00. The van der Waals surface area contributed by atoms with Gasteiger partial charge in [0.25, 0.3) is 0 Å². The standard InChI is InChI=1S/C7H16N2/c8-4-6-2-1-3-7(6)5-9/h6-7H,1-5,8-9H2/t6-,7-/m1/s1. The summed E-state index contributed by atoms with van der Waals surface area (Å²) in [4.78, 5) is 0. The van der Waals surface area contributed by atoms with Crippen LogP contribution in [0, 0.1) is 11.8 Å². The van der Waals surface area contributed by atoms with E-state index in [4.69, 9.17) is 11.5 Å². The first kappa shape index (κ1) is 7.03. The van der Waals surface area contributed by atoms with E-state index >= 15 is 0 Å². The summed E-state index contributed by atoms with van der Waals surface area (Å²) < 4.78 is 0. The van der Waals surface area contributed by atoms with Crippen LogP contribution in [-0.4, -0.2) is 13.1 Å². The van der Waals surface area contributed by atoms with Gasteiger partial charge in [-0.3, -0.25) is 0 Å². The van der Waals surface area contributed by atoms with Gasteiger partial charge in [-0.15, -0.1) is 0 Å². The maximum atomic E-state index is 5.54. The Morgan fingerprint density at radius 1 is 1.00 bits per heavy atom. The summed E-state index contributed by atoms with van der Waals surface area (Å²) in [5.74, 6) is 1.46. The molecule has 0 radical (unpaired) electrons. The van der Waals surface area contributed by atoms with Gasteiger partial charge in [0.15, 0.2) is 0 Å². The van der Waals surface area contributed by atoms with Gasteiger partial charge in [0.1, 0.15) is 0 Å². The molecule has 54 valence electrons. The highest BCUT2D eigenvalue weighted by Gasteiger charge is 2.23. The summed E-state index contributed by atoms with van der Waals surface area (Å²) in [7, 11) is 0. The molecule has 0 aliphatic heterocycles. The molecule has 1 saturated carbocycles. The van der Waals surface area contributed by atoms with Crippen LogP contribution in [0.3, 0.4) is 0 Å². The first-order chi connectivity index (χ1) is 4.38. The minimum Gasteiger partial charge on any atom is -0.330 e. The third kappa shape index (κ3) is 1.43. The maximum absolute atomic E-state index is 5.54. The molecule has 4 N–H and O–H groups in total. The van der Waals surface area contributed by atoms with Crippen molar-refractivity contribution in [1.29, 1.82) is 0 Å². The van der Waals surface area contributed by atoms with Crippen molar-refractivity contribution < 1.29 is 0 Å². The van der Waals surface area contributed by atoms with E-state index in [-0.39, 0.29) is 0 Å². The van der Waals surface area contributed by atoms with E-state index in [1.54, 1.807) is 0 Å². The van der Waals surface area contributed by atoms with Gasteiger partial charge in [-0.25, -0.2) is 0 Å². The monoisotopic (exact) mass is 128 g/mol. The minimum absolute atomic E-state index is 0.731. The highest BCUT2D eigenvalue weighted by Crippen LogP contribution is 2.29. The van der Waals surface area contributed by atoms with Crippen molar-refractivity contribution in [1.82, 2.24) is 0 Å². The smallest absolute Gasteiger partial charge is 0.00457 e. The molecule has 1 fully saturated rings. The topological polar surface area (TPSA) is 52.0 Å². The largest absolute Gasteiger partial charge is 0.330 e. The van der Waals surface area contributed by atoms with Gasteiger partial charge in [0.05, 0.1) is 0 Å². The lowest BCUT2D eigenvalue weighted by Gasteiger charge is -2.14. The third-order valence-electron chi connectivity index (χ3n) is 2.42. The lowest BCUT2D eigenvalue weighted by molar-refractivity contribution is 0.405. The van der Waals surface area contributed by atoms with Crippen molar-refractivity contribution in [3.63, 3.8) is 0 Å². The molecule has 9 heavy (non-hydrogen) atoms. The van der Waals surface area contributed by atoms with E-state index in [0.29, 0.717) is 0 Å². The second-order valence-corrected chi connectivity index (χ2v) is 2.92. The molecule has 0 saturated heterocycles. The molecule has 0 aromatic rings. The van der Waals surface area contributed by atoms with E-state index in [1.807, 2.05) is 0 Å². The Labute approximate surface area is 56.6 Å². The van der Waals surface area contributed by atoms with Crippen LogP contribution in [-0.2, 0) is 0 Å². The zero-order valence-electron chi connectivity index (χ0n) is 5.84. The summed E-state index contributed by atoms with van der Waals surface area (Å²) in [5.41, 5.74) is 11.1. The molecule has 0 aromatic heterocycles. The van der Waals surface area contributed by atoms with Crippen LogP contribution in [0.1, 0.15) is 19.3 Å². The molecule has 1 aliphatic carbocycles. The molecule has 2 heteroatoms. The van der Waals surface area contributed by atoms with E-state index in [9.17, 15) is 0 Å². The highest BCUT2D eigenvalue weighted by molar-refractivity contribution is 4.78. The van der Waals surface area contributed by atoms with Crippen molar-refractivity contribution in [3.8, 4) is 0 Å². The van der Waals surface area contributed by atoms with Crippen LogP contribution >= 0.6 is 0 Å². The number of hydrogen-bond acceptors (Lipinski definition) is 2. The van der Waals surface area contributed by atoms with E-state index in [2.05, 4.69) is 0 Å². The maximum Gasteiger partial charge on any atom is -0.00457 e. The second-order valence-electron chi connectivity index (χ2n) is 2.92. The third-order valence-corrected chi connectivity index (χ3v) is 2.42. The first-order valence-electron chi connectivity index (χ1n) is 3.78. The predicted molar refractivity (Wildman–Crippen MR) is 38.9 cm³/mol. The van der Waals surface area contributed by atoms with Gasteiger partial charge in [0.2, 0.25) is 0 Å². The molecule has 0 spiro atoms. The van der Waals surface area contributed by atoms with Gasteiger partial charge >= 0.3 is 0 Å². The molecule has 1 aliphatic rings. The van der Waals surface area contributed by atoms with Crippen LogP contribution in [0.25, 0.3) is 0 Å². The Morgan fingerprint density at radius 3 is 1.78 bits per heavy atom. The molecular formula is C7H16N2. The van der Waals surface area contributed by atoms with Crippen LogP contribution in [0.2, 0.25) is 0 Å². The first-order valence-corrected chi connectivity index (χ1v) is 3.78. The predicted octanol–water partition coefficient (Wildman–Crippen LogP) is 0.320. The normalized spacial score (nSPS) is 35.3. The van der Waals surface area contributed by atoms with E-state index in [0.717, 1.165) is 24.9 Å². The summed E-state index contributed by atoms with van der Waals surface area (Å²) >= 11 is 0. The van der Waals surface area contributed by atoms with Crippen molar-refractivity contribution in [3.05, 3.63) is 0 Å². The van der Waals surface area contributed by atoms with Crippen molar-refractivity contribution >= 4 is 0 Å². The Kier molecular flexibility index (Phi) is 2.49. The van der Waals surface area contributed by atoms with Crippen molar-refractivity contribution in [2.24, 2.45) is 23.3 Å². The molecular weight excluding hydrogens is 112 g/mol. The number of rotatable bonds is 2. The van der Waals surface area contributed by atoms with Gasteiger partial charge in [-0.05, 0) is 37.8 Å². The molecule has 0 unspecified atom stereocenters. The summed E-state index contributed by atoms with van der Waals surface area (Å²) in [5, 5.41) is 0. The SMILES string of the molecule is NC[C@H]1CCC[C@@H]1CN. The lowest BCUT2D eigenvalue weighted by atomic mass is 9.97. The summed E-state index contributed by atoms with van der Waals surface area (Å²) in [6.07, 6.45) is 3.94. The van der Waals surface area contributed by atoms with E-state index in [1.165, 1.54) is 19.3 Å². The van der Waals surface area contributed by atoms with Gasteiger partial charge in [-0.2, -0.15) is 0 Å². The molecule has 1 rings (SSSR count). The van der Waals surface area contributed by atoms with Gasteiger partial charge < -0.3 is 11.5 Å². The molecule has 0 heterocycles. The molecule has 2 nitrogen and oxygen atoms in total. The number of hydrogen-bond donors (Lipinski definition) is 2. The molecule has 2 atom stereocenters. The fourth-order valence-electron chi connectivity index (χ4n) is 1.73. The van der Waals surface area contributed by atoms with Crippen LogP contribution < -0.4 is 11.5 Å². The van der Waals surface area contributed by atoms with Crippen molar-refractivity contribution in [2.45, 2.75) is 19.3 Å². The minimum atomic E-state index is 0.731. The molecule has 0 amide bonds. The molecule has 0 aromatic carbocycles. The lowest BCUT2D eigenvalue weighted by Crippen LogP contribution is -2.24. The zero-order valence-corrected chi connectivity index (χ0v) is 5.84. The Hall–Kier alpha value is -0.0800. The quantitative estimate of drug-likeness (QED) is 0.562. The Balaban J connectivity index is 2.32. The Morgan fingerprint density at radius 2 is 1.44 bits per heavy atom. The van der Waals surface area contributed by atoms with Crippen LogP contribution in [0.4, 0.5) is 0 Å². The molecule has 0 bridgehead atoms. The zero-order chi connectivity index (χ0) is 6.69. The van der Waals surface area contributed by atoms with Gasteiger partial charge in [-0.1, -0.05) is 6.42 Å². The average Bonchev–Trinajstić information content (AvgIpc) is 2.33. The van der Waals surface area contributed by atoms with Crippen LogP contribution in [0.5, 0.6) is 0 Å². The summed E-state index contributed by atoms with van der Waals surface area (Å²) in [6, 6.07) is 0. The number of nitrogens with two attached hydrogens (primary N) is 2. The Bertz CT molecular complexity index is 73.0. The van der Waals surface area contributed by atoms with Crippen molar-refractivity contribution in [2.75, 3.05) is 13.1 Å². The van der Waals surface area contributed by atoms with Gasteiger partial charge in [0, 0.05) is 0 Å².